The van der Waals surface area contributed by atoms with Gasteiger partial charge in [0.1, 0.15) is 6.33 Å². The number of amides is 1. The minimum atomic E-state index is -0.677. The van der Waals surface area contributed by atoms with Gasteiger partial charge >= 0.3 is 11.9 Å². The minimum absolute atomic E-state index is 0.0494. The molecular formula is C22H23N5O5S. The Morgan fingerprint density at radius 1 is 1.06 bits per heavy atom. The van der Waals surface area contributed by atoms with E-state index < -0.39 is 24.5 Å². The van der Waals surface area contributed by atoms with Gasteiger partial charge in [0.15, 0.2) is 23.3 Å². The van der Waals surface area contributed by atoms with E-state index in [1.54, 1.807) is 23.6 Å². The normalized spacial score (nSPS) is 10.5. The number of benzene rings is 1. The van der Waals surface area contributed by atoms with Gasteiger partial charge in [-0.2, -0.15) is 0 Å². The smallest absolute Gasteiger partial charge is 0.360 e. The zero-order chi connectivity index (χ0) is 23.8. The molecule has 3 aromatic rings. The first kappa shape index (κ1) is 23.9. The molecule has 2 heterocycles. The van der Waals surface area contributed by atoms with Crippen LogP contribution in [-0.2, 0) is 19.1 Å². The molecule has 33 heavy (non-hydrogen) atoms. The van der Waals surface area contributed by atoms with Gasteiger partial charge in [-0.25, -0.2) is 19.7 Å². The Kier molecular flexibility index (Phi) is 8.14. The highest BCUT2D eigenvalue weighted by Crippen LogP contribution is 2.21. The van der Waals surface area contributed by atoms with Crippen LogP contribution in [0.15, 0.2) is 47.9 Å². The summed E-state index contributed by atoms with van der Waals surface area (Å²) in [5.41, 5.74) is 2.22. The first-order chi connectivity index (χ1) is 15.9. The van der Waals surface area contributed by atoms with Crippen LogP contribution in [0.3, 0.4) is 0 Å². The second-order valence-electron chi connectivity index (χ2n) is 6.80. The highest BCUT2D eigenvalue weighted by Gasteiger charge is 2.22. The number of hydrogen-bond donors (Lipinski definition) is 1. The van der Waals surface area contributed by atoms with Crippen LogP contribution in [0.1, 0.15) is 28.8 Å². The Hall–Kier alpha value is -3.73. The third-order valence-corrected chi connectivity index (χ3v) is 4.99. The number of thioether (sulfide) groups is 1. The topological polar surface area (TPSA) is 125 Å². The number of carbonyl (C=O) groups excluding carboxylic acids is 3. The van der Waals surface area contributed by atoms with E-state index in [4.69, 9.17) is 9.47 Å². The molecule has 1 N–H and O–H groups in total. The lowest BCUT2D eigenvalue weighted by molar-refractivity contribution is -0.144. The van der Waals surface area contributed by atoms with Gasteiger partial charge in [-0.1, -0.05) is 30.0 Å². The highest BCUT2D eigenvalue weighted by atomic mass is 32.2. The van der Waals surface area contributed by atoms with Crippen LogP contribution in [0.2, 0.25) is 0 Å². The molecule has 2 aromatic heterocycles. The molecule has 0 saturated heterocycles. The summed E-state index contributed by atoms with van der Waals surface area (Å²) in [5, 5.41) is 3.05. The van der Waals surface area contributed by atoms with Crippen molar-refractivity contribution in [3.63, 3.8) is 0 Å². The van der Waals surface area contributed by atoms with Crippen LogP contribution < -0.4 is 5.32 Å². The lowest BCUT2D eigenvalue weighted by Gasteiger charge is -2.11. The van der Waals surface area contributed by atoms with E-state index >= 15 is 0 Å². The quantitative estimate of drug-likeness (QED) is 0.286. The molecule has 0 spiro atoms. The van der Waals surface area contributed by atoms with Gasteiger partial charge in [-0.05, 0) is 39.0 Å². The molecule has 0 aliphatic rings. The van der Waals surface area contributed by atoms with Gasteiger partial charge in [0.05, 0.1) is 12.4 Å². The second-order valence-corrected chi connectivity index (χ2v) is 7.74. The van der Waals surface area contributed by atoms with Gasteiger partial charge < -0.3 is 14.8 Å². The molecule has 0 aliphatic carbocycles. The van der Waals surface area contributed by atoms with Crippen LogP contribution in [0.25, 0.3) is 5.69 Å². The Bertz CT molecular complexity index is 1130. The number of rotatable bonds is 9. The van der Waals surface area contributed by atoms with Crippen LogP contribution in [0, 0.1) is 13.8 Å². The van der Waals surface area contributed by atoms with Crippen molar-refractivity contribution in [3.8, 4) is 5.69 Å². The zero-order valence-electron chi connectivity index (χ0n) is 18.4. The summed E-state index contributed by atoms with van der Waals surface area (Å²) in [5.74, 6) is -1.83. The molecule has 0 radical (unpaired) electrons. The number of imidazole rings is 1. The van der Waals surface area contributed by atoms with Gasteiger partial charge in [0, 0.05) is 17.1 Å². The number of para-hydroxylation sites is 1. The van der Waals surface area contributed by atoms with Crippen LogP contribution in [-0.4, -0.2) is 56.3 Å². The Balaban J connectivity index is 1.63. The van der Waals surface area contributed by atoms with Crippen molar-refractivity contribution in [3.05, 3.63) is 59.8 Å². The Morgan fingerprint density at radius 3 is 2.42 bits per heavy atom. The number of esters is 2. The summed E-state index contributed by atoms with van der Waals surface area (Å²) in [4.78, 5) is 49.4. The minimum Gasteiger partial charge on any atom is -0.461 e. The van der Waals surface area contributed by atoms with Crippen LogP contribution in [0.4, 0.5) is 5.82 Å². The number of ether oxygens (including phenoxy) is 2. The van der Waals surface area contributed by atoms with Gasteiger partial charge in [0.2, 0.25) is 0 Å². The van der Waals surface area contributed by atoms with E-state index in [1.165, 1.54) is 6.33 Å². The van der Waals surface area contributed by atoms with Crippen molar-refractivity contribution in [1.82, 2.24) is 19.5 Å². The number of aromatic nitrogens is 4. The Morgan fingerprint density at radius 2 is 1.76 bits per heavy atom. The number of nitrogens with zero attached hydrogens (tertiary/aromatic N) is 4. The fraction of sp³-hybridized carbons (Fsp3) is 0.273. The maximum absolute atomic E-state index is 12.5. The van der Waals surface area contributed by atoms with E-state index in [9.17, 15) is 14.4 Å². The first-order valence-electron chi connectivity index (χ1n) is 10.1. The van der Waals surface area contributed by atoms with Crippen molar-refractivity contribution in [2.45, 2.75) is 25.9 Å². The average Bonchev–Trinajstić information content (AvgIpc) is 3.20. The molecule has 10 nitrogen and oxygen atoms in total. The summed E-state index contributed by atoms with van der Waals surface area (Å²) >= 11 is 1.12. The SMILES string of the molecule is CCOC(=O)c1ncn(-c2ccccc2)c1NC(=O)COC(=O)CSc1nc(C)cc(C)n1. The number of nitrogens with one attached hydrogen (secondary N) is 1. The maximum atomic E-state index is 12.5. The average molecular weight is 470 g/mol. The standard InChI is InChI=1S/C22H23N5O5S/c1-4-31-21(30)19-20(27(13-23-19)16-8-6-5-7-9-16)26-17(28)11-32-18(29)12-33-22-24-14(2)10-15(3)25-22/h5-10,13H,4,11-12H2,1-3H3,(H,26,28). The molecular weight excluding hydrogens is 446 g/mol. The summed E-state index contributed by atoms with van der Waals surface area (Å²) in [7, 11) is 0. The van der Waals surface area contributed by atoms with Gasteiger partial charge in [-0.15, -0.1) is 0 Å². The van der Waals surface area contributed by atoms with E-state index in [0.717, 1.165) is 23.1 Å². The molecule has 172 valence electrons. The van der Waals surface area contributed by atoms with E-state index in [2.05, 4.69) is 20.3 Å². The number of carbonyl (C=O) groups is 3. The predicted octanol–water partition coefficient (Wildman–Crippen LogP) is 2.73. The van der Waals surface area contributed by atoms with Crippen molar-refractivity contribution in [2.75, 3.05) is 24.3 Å². The maximum Gasteiger partial charge on any atom is 0.360 e. The number of anilines is 1. The molecule has 0 bridgehead atoms. The fourth-order valence-corrected chi connectivity index (χ4v) is 3.59. The largest absolute Gasteiger partial charge is 0.461 e. The van der Waals surface area contributed by atoms with E-state index in [0.29, 0.717) is 10.8 Å². The highest BCUT2D eigenvalue weighted by molar-refractivity contribution is 7.99. The van der Waals surface area contributed by atoms with Crippen molar-refractivity contribution >= 4 is 35.4 Å². The fourth-order valence-electron chi connectivity index (χ4n) is 2.84. The molecule has 0 fully saturated rings. The van der Waals surface area contributed by atoms with Gasteiger partial charge in [0.25, 0.3) is 5.91 Å². The monoisotopic (exact) mass is 469 g/mol. The van der Waals surface area contributed by atoms with Crippen LogP contribution in [0.5, 0.6) is 0 Å². The lowest BCUT2D eigenvalue weighted by Crippen LogP contribution is -2.24. The molecule has 0 atom stereocenters. The summed E-state index contributed by atoms with van der Waals surface area (Å²) in [6.07, 6.45) is 1.41. The third kappa shape index (κ3) is 6.62. The summed E-state index contributed by atoms with van der Waals surface area (Å²) in [6.45, 7) is 4.97. The summed E-state index contributed by atoms with van der Waals surface area (Å²) in [6, 6.07) is 10.9. The van der Waals surface area contributed by atoms with Crippen molar-refractivity contribution < 1.29 is 23.9 Å². The number of aryl methyl sites for hydroxylation is 2. The zero-order valence-corrected chi connectivity index (χ0v) is 19.2. The molecule has 0 unspecified atom stereocenters. The van der Waals surface area contributed by atoms with Crippen molar-refractivity contribution in [2.24, 2.45) is 0 Å². The molecule has 1 aromatic carbocycles. The van der Waals surface area contributed by atoms with E-state index in [-0.39, 0.29) is 23.9 Å². The predicted molar refractivity (Wildman–Crippen MR) is 121 cm³/mol. The molecule has 0 aliphatic heterocycles. The number of hydrogen-bond acceptors (Lipinski definition) is 9. The molecule has 1 amide bonds. The molecule has 11 heteroatoms. The second kappa shape index (κ2) is 11.2. The summed E-state index contributed by atoms with van der Waals surface area (Å²) < 4.78 is 11.6. The third-order valence-electron chi connectivity index (χ3n) is 4.17. The molecule has 0 saturated carbocycles. The van der Waals surface area contributed by atoms with Gasteiger partial charge in [-0.3, -0.25) is 14.2 Å². The van der Waals surface area contributed by atoms with Crippen molar-refractivity contribution in [1.29, 1.82) is 0 Å². The lowest BCUT2D eigenvalue weighted by atomic mass is 10.3. The first-order valence-corrected chi connectivity index (χ1v) is 11.1. The Labute approximate surface area is 194 Å². The van der Waals surface area contributed by atoms with E-state index in [1.807, 2.05) is 38.1 Å². The van der Waals surface area contributed by atoms with Crippen LogP contribution >= 0.6 is 11.8 Å². The molecule has 3 rings (SSSR count).